The van der Waals surface area contributed by atoms with Gasteiger partial charge in [0.1, 0.15) is 24.1 Å². The maximum Gasteiger partial charge on any atom is 0.412 e. The van der Waals surface area contributed by atoms with Gasteiger partial charge in [0.25, 0.3) is 0 Å². The van der Waals surface area contributed by atoms with Crippen LogP contribution in [0.3, 0.4) is 0 Å². The average Bonchev–Trinajstić information content (AvgIpc) is 2.59. The second-order valence-electron chi connectivity index (χ2n) is 5.18. The highest BCUT2D eigenvalue weighted by Gasteiger charge is 2.25. The number of nitrogens with one attached hydrogen (secondary N) is 1. The zero-order chi connectivity index (χ0) is 13.3. The van der Waals surface area contributed by atoms with E-state index in [9.17, 15) is 9.90 Å². The molecule has 2 rings (SSSR count). The van der Waals surface area contributed by atoms with E-state index in [1.165, 1.54) is 0 Å². The van der Waals surface area contributed by atoms with Crippen LogP contribution in [0.5, 0.6) is 5.75 Å². The number of anilines is 1. The van der Waals surface area contributed by atoms with Crippen LogP contribution in [0.15, 0.2) is 18.2 Å². The quantitative estimate of drug-likeness (QED) is 0.804. The molecule has 1 aliphatic heterocycles. The normalized spacial score (nSPS) is 17.9. The van der Waals surface area contributed by atoms with Gasteiger partial charge in [0.15, 0.2) is 0 Å². The molecule has 5 heteroatoms. The van der Waals surface area contributed by atoms with Crippen LogP contribution in [-0.4, -0.2) is 23.4 Å². The number of fused-ring (bicyclic) bond motifs is 1. The van der Waals surface area contributed by atoms with Gasteiger partial charge in [-0.15, -0.1) is 0 Å². The maximum atomic E-state index is 11.7. The summed E-state index contributed by atoms with van der Waals surface area (Å²) in [5.41, 5.74) is 0.643. The van der Waals surface area contributed by atoms with Gasteiger partial charge < -0.3 is 14.6 Å². The molecule has 0 saturated carbocycles. The van der Waals surface area contributed by atoms with Gasteiger partial charge in [0.05, 0.1) is 5.69 Å². The first-order chi connectivity index (χ1) is 8.37. The number of para-hydroxylation sites is 1. The third-order valence-electron chi connectivity index (χ3n) is 2.43. The Labute approximate surface area is 106 Å². The van der Waals surface area contributed by atoms with E-state index in [4.69, 9.17) is 9.47 Å². The first-order valence-corrected chi connectivity index (χ1v) is 5.80. The summed E-state index contributed by atoms with van der Waals surface area (Å²) in [7, 11) is 0. The molecule has 0 spiro atoms. The van der Waals surface area contributed by atoms with Crippen LogP contribution in [-0.2, 0) is 4.74 Å². The molecule has 1 atom stereocenters. The van der Waals surface area contributed by atoms with Crippen LogP contribution >= 0.6 is 0 Å². The van der Waals surface area contributed by atoms with Gasteiger partial charge in [0, 0.05) is 5.56 Å². The topological polar surface area (TPSA) is 67.8 Å². The molecule has 0 aromatic heterocycles. The van der Waals surface area contributed by atoms with Crippen LogP contribution in [0.4, 0.5) is 10.5 Å². The summed E-state index contributed by atoms with van der Waals surface area (Å²) in [4.78, 5) is 11.7. The summed E-state index contributed by atoms with van der Waals surface area (Å²) in [6.45, 7) is 5.59. The highest BCUT2D eigenvalue weighted by Crippen LogP contribution is 2.38. The van der Waals surface area contributed by atoms with Gasteiger partial charge in [-0.1, -0.05) is 12.1 Å². The van der Waals surface area contributed by atoms with E-state index in [0.717, 1.165) is 0 Å². The van der Waals surface area contributed by atoms with Crippen LogP contribution in [0.1, 0.15) is 32.4 Å². The standard InChI is InChI=1S/C13H17NO4/c1-13(2,3)18-12(16)14-9-6-4-5-8-10(15)7-17-11(8)9/h4-6,10,15H,7H2,1-3H3,(H,14,16)/t10-/m0/s1. The number of ether oxygens (including phenoxy) is 2. The smallest absolute Gasteiger partial charge is 0.412 e. The Balaban J connectivity index is 2.14. The summed E-state index contributed by atoms with van der Waals surface area (Å²) >= 11 is 0. The molecule has 0 saturated heterocycles. The van der Waals surface area contributed by atoms with E-state index in [0.29, 0.717) is 17.0 Å². The van der Waals surface area contributed by atoms with Crippen molar-refractivity contribution in [2.75, 3.05) is 11.9 Å². The molecule has 5 nitrogen and oxygen atoms in total. The Morgan fingerprint density at radius 3 is 2.89 bits per heavy atom. The van der Waals surface area contributed by atoms with Crippen molar-refractivity contribution in [2.45, 2.75) is 32.5 Å². The molecule has 98 valence electrons. The number of amides is 1. The van der Waals surface area contributed by atoms with E-state index < -0.39 is 17.8 Å². The van der Waals surface area contributed by atoms with Crippen molar-refractivity contribution >= 4 is 11.8 Å². The molecule has 0 aliphatic carbocycles. The summed E-state index contributed by atoms with van der Waals surface area (Å²) in [6.07, 6.45) is -1.18. The van der Waals surface area contributed by atoms with Gasteiger partial charge in [-0.25, -0.2) is 4.79 Å². The number of rotatable bonds is 1. The van der Waals surface area contributed by atoms with Crippen LogP contribution in [0, 0.1) is 0 Å². The second kappa shape index (κ2) is 4.49. The molecule has 0 unspecified atom stereocenters. The van der Waals surface area contributed by atoms with Crippen LogP contribution in [0.2, 0.25) is 0 Å². The number of benzene rings is 1. The predicted octanol–water partition coefficient (Wildman–Crippen LogP) is 2.46. The number of aliphatic hydroxyl groups is 1. The molecule has 1 aliphatic rings. The van der Waals surface area contributed by atoms with Crippen molar-refractivity contribution < 1.29 is 19.4 Å². The van der Waals surface area contributed by atoms with Gasteiger partial charge in [-0.2, -0.15) is 0 Å². The van der Waals surface area contributed by atoms with Crippen molar-refractivity contribution in [1.82, 2.24) is 0 Å². The maximum absolute atomic E-state index is 11.7. The molecule has 0 bridgehead atoms. The lowest BCUT2D eigenvalue weighted by Crippen LogP contribution is -2.27. The van der Waals surface area contributed by atoms with E-state index in [1.807, 2.05) is 0 Å². The van der Waals surface area contributed by atoms with Crippen molar-refractivity contribution in [1.29, 1.82) is 0 Å². The highest BCUT2D eigenvalue weighted by molar-refractivity contribution is 5.87. The molecule has 1 aromatic rings. The molecule has 1 aromatic carbocycles. The molecule has 2 N–H and O–H groups in total. The number of hydrogen-bond donors (Lipinski definition) is 2. The minimum atomic E-state index is -0.639. The van der Waals surface area contributed by atoms with E-state index in [1.54, 1.807) is 39.0 Å². The zero-order valence-corrected chi connectivity index (χ0v) is 10.7. The summed E-state index contributed by atoms with van der Waals surface area (Å²) in [5, 5.41) is 12.3. The Hall–Kier alpha value is -1.75. The van der Waals surface area contributed by atoms with Crippen LogP contribution < -0.4 is 10.1 Å². The van der Waals surface area contributed by atoms with Crippen LogP contribution in [0.25, 0.3) is 0 Å². The molecule has 1 amide bonds. The lowest BCUT2D eigenvalue weighted by Gasteiger charge is -2.20. The first kappa shape index (κ1) is 12.7. The molecule has 18 heavy (non-hydrogen) atoms. The number of carbonyl (C=O) groups excluding carboxylic acids is 1. The van der Waals surface area contributed by atoms with E-state index in [2.05, 4.69) is 5.32 Å². The Bertz CT molecular complexity index is 465. The molecule has 0 radical (unpaired) electrons. The first-order valence-electron chi connectivity index (χ1n) is 5.80. The molecule has 0 fully saturated rings. The number of hydrogen-bond acceptors (Lipinski definition) is 4. The molecular formula is C13H17NO4. The lowest BCUT2D eigenvalue weighted by molar-refractivity contribution is 0.0635. The monoisotopic (exact) mass is 251 g/mol. The minimum Gasteiger partial charge on any atom is -0.488 e. The van der Waals surface area contributed by atoms with Gasteiger partial charge in [-0.05, 0) is 26.8 Å². The molecular weight excluding hydrogens is 234 g/mol. The lowest BCUT2D eigenvalue weighted by atomic mass is 10.1. The fraction of sp³-hybridized carbons (Fsp3) is 0.462. The van der Waals surface area contributed by atoms with Crippen molar-refractivity contribution in [2.24, 2.45) is 0 Å². The van der Waals surface area contributed by atoms with Gasteiger partial charge >= 0.3 is 6.09 Å². The number of aliphatic hydroxyl groups excluding tert-OH is 1. The van der Waals surface area contributed by atoms with Crippen molar-refractivity contribution in [3.63, 3.8) is 0 Å². The SMILES string of the molecule is CC(C)(C)OC(=O)Nc1cccc2c1OC[C@@H]2O. The van der Waals surface area contributed by atoms with Gasteiger partial charge in [-0.3, -0.25) is 5.32 Å². The fourth-order valence-corrected chi connectivity index (χ4v) is 1.74. The molecule has 1 heterocycles. The van der Waals surface area contributed by atoms with E-state index >= 15 is 0 Å². The van der Waals surface area contributed by atoms with E-state index in [-0.39, 0.29) is 6.61 Å². The zero-order valence-electron chi connectivity index (χ0n) is 10.7. The third kappa shape index (κ3) is 2.73. The average molecular weight is 251 g/mol. The summed E-state index contributed by atoms with van der Waals surface area (Å²) < 4.78 is 10.5. The second-order valence-corrected chi connectivity index (χ2v) is 5.18. The number of carbonyl (C=O) groups is 1. The Morgan fingerprint density at radius 1 is 1.50 bits per heavy atom. The van der Waals surface area contributed by atoms with Crippen molar-refractivity contribution in [3.8, 4) is 5.75 Å². The Morgan fingerprint density at radius 2 is 2.22 bits per heavy atom. The minimum absolute atomic E-state index is 0.211. The largest absolute Gasteiger partial charge is 0.488 e. The summed E-state index contributed by atoms with van der Waals surface area (Å²) in [5.74, 6) is 0.510. The highest BCUT2D eigenvalue weighted by atomic mass is 16.6. The fourth-order valence-electron chi connectivity index (χ4n) is 1.74. The van der Waals surface area contributed by atoms with Gasteiger partial charge in [0.2, 0.25) is 0 Å². The Kier molecular flexibility index (Phi) is 3.17. The summed E-state index contributed by atoms with van der Waals surface area (Å²) in [6, 6.07) is 5.23. The third-order valence-corrected chi connectivity index (χ3v) is 2.43. The predicted molar refractivity (Wildman–Crippen MR) is 66.8 cm³/mol. The van der Waals surface area contributed by atoms with Crippen molar-refractivity contribution in [3.05, 3.63) is 23.8 Å².